The van der Waals surface area contributed by atoms with Crippen molar-refractivity contribution in [3.63, 3.8) is 0 Å². The van der Waals surface area contributed by atoms with Gasteiger partial charge in [0.25, 0.3) is 0 Å². The highest BCUT2D eigenvalue weighted by Gasteiger charge is 1.96. The van der Waals surface area contributed by atoms with Crippen LogP contribution in [0.25, 0.3) is 0 Å². The van der Waals surface area contributed by atoms with Gasteiger partial charge in [0, 0.05) is 25.4 Å². The summed E-state index contributed by atoms with van der Waals surface area (Å²) in [5.41, 5.74) is 0. The Morgan fingerprint density at radius 2 is 1.92 bits per heavy atom. The van der Waals surface area contributed by atoms with Crippen LogP contribution in [-0.2, 0) is 9.53 Å². The van der Waals surface area contributed by atoms with Crippen molar-refractivity contribution in [3.8, 4) is 0 Å². The number of carbonyl (C=O) groups excluding carboxylic acids is 1. The van der Waals surface area contributed by atoms with E-state index in [2.05, 4.69) is 0 Å². The number of hydrogen-bond acceptors (Lipinski definition) is 3. The van der Waals surface area contributed by atoms with Gasteiger partial charge in [-0.2, -0.15) is 0 Å². The quantitative estimate of drug-likeness (QED) is 0.467. The zero-order chi connectivity index (χ0) is 10.1. The zero-order valence-corrected chi connectivity index (χ0v) is 8.75. The SMILES string of the molecule is CCCOC(=O)C=CN(CC)CC. The molecular formula is C10H19NO2. The predicted octanol–water partition coefficient (Wildman–Crippen LogP) is 1.80. The van der Waals surface area contributed by atoms with Gasteiger partial charge in [0.05, 0.1) is 6.61 Å². The van der Waals surface area contributed by atoms with Crippen molar-refractivity contribution in [1.29, 1.82) is 0 Å². The van der Waals surface area contributed by atoms with Crippen LogP contribution in [0, 0.1) is 0 Å². The molecule has 0 saturated heterocycles. The molecule has 0 spiro atoms. The topological polar surface area (TPSA) is 29.5 Å². The first-order valence-corrected chi connectivity index (χ1v) is 4.83. The lowest BCUT2D eigenvalue weighted by molar-refractivity contribution is -0.137. The molecule has 0 rings (SSSR count). The Morgan fingerprint density at radius 3 is 2.38 bits per heavy atom. The lowest BCUT2D eigenvalue weighted by atomic mass is 10.5. The molecule has 0 amide bonds. The van der Waals surface area contributed by atoms with E-state index in [1.165, 1.54) is 6.08 Å². The van der Waals surface area contributed by atoms with E-state index < -0.39 is 0 Å². The lowest BCUT2D eigenvalue weighted by Gasteiger charge is -2.14. The number of ether oxygens (including phenoxy) is 1. The smallest absolute Gasteiger partial charge is 0.332 e. The van der Waals surface area contributed by atoms with Crippen LogP contribution in [0.5, 0.6) is 0 Å². The van der Waals surface area contributed by atoms with Crippen LogP contribution < -0.4 is 0 Å². The fourth-order valence-corrected chi connectivity index (χ4v) is 0.851. The molecule has 0 heterocycles. The second-order valence-electron chi connectivity index (χ2n) is 2.70. The van der Waals surface area contributed by atoms with Crippen LogP contribution in [-0.4, -0.2) is 30.6 Å². The van der Waals surface area contributed by atoms with Gasteiger partial charge in [-0.3, -0.25) is 0 Å². The molecule has 76 valence electrons. The minimum Gasteiger partial charge on any atom is -0.463 e. The van der Waals surface area contributed by atoms with Crippen LogP contribution >= 0.6 is 0 Å². The first-order chi connectivity index (χ1) is 6.24. The summed E-state index contributed by atoms with van der Waals surface area (Å²) in [7, 11) is 0. The average molecular weight is 185 g/mol. The number of esters is 1. The Kier molecular flexibility index (Phi) is 7.07. The fraction of sp³-hybridized carbons (Fsp3) is 0.700. The molecule has 0 aliphatic heterocycles. The van der Waals surface area contributed by atoms with Crippen molar-refractivity contribution in [3.05, 3.63) is 12.3 Å². The molecule has 0 fully saturated rings. The van der Waals surface area contributed by atoms with Gasteiger partial charge in [-0.1, -0.05) is 6.92 Å². The van der Waals surface area contributed by atoms with E-state index in [1.54, 1.807) is 6.20 Å². The Bertz CT molecular complexity index is 162. The first kappa shape index (κ1) is 12.0. The zero-order valence-electron chi connectivity index (χ0n) is 8.75. The summed E-state index contributed by atoms with van der Waals surface area (Å²) in [4.78, 5) is 13.0. The van der Waals surface area contributed by atoms with Gasteiger partial charge in [0.1, 0.15) is 0 Å². The number of rotatable bonds is 6. The van der Waals surface area contributed by atoms with E-state index in [0.717, 1.165) is 19.5 Å². The second-order valence-corrected chi connectivity index (χ2v) is 2.70. The minimum absolute atomic E-state index is 0.256. The minimum atomic E-state index is -0.256. The molecule has 0 saturated carbocycles. The largest absolute Gasteiger partial charge is 0.463 e. The van der Waals surface area contributed by atoms with Gasteiger partial charge in [-0.25, -0.2) is 4.79 Å². The van der Waals surface area contributed by atoms with E-state index in [-0.39, 0.29) is 5.97 Å². The van der Waals surface area contributed by atoms with Crippen LogP contribution in [0.1, 0.15) is 27.2 Å². The molecule has 0 N–H and O–H groups in total. The third kappa shape index (κ3) is 6.20. The number of hydrogen-bond donors (Lipinski definition) is 0. The van der Waals surface area contributed by atoms with Crippen molar-refractivity contribution >= 4 is 5.97 Å². The molecule has 0 aromatic carbocycles. The Morgan fingerprint density at radius 1 is 1.31 bits per heavy atom. The Labute approximate surface area is 80.4 Å². The van der Waals surface area contributed by atoms with Crippen molar-refractivity contribution in [1.82, 2.24) is 4.90 Å². The predicted molar refractivity (Wildman–Crippen MR) is 53.3 cm³/mol. The summed E-state index contributed by atoms with van der Waals surface area (Å²) >= 11 is 0. The van der Waals surface area contributed by atoms with E-state index in [1.807, 2.05) is 25.7 Å². The molecule has 0 aliphatic carbocycles. The lowest BCUT2D eigenvalue weighted by Crippen LogP contribution is -2.16. The highest BCUT2D eigenvalue weighted by atomic mass is 16.5. The van der Waals surface area contributed by atoms with Gasteiger partial charge in [0.15, 0.2) is 0 Å². The average Bonchev–Trinajstić information content (AvgIpc) is 2.16. The number of carbonyl (C=O) groups is 1. The molecule has 3 nitrogen and oxygen atoms in total. The third-order valence-corrected chi connectivity index (χ3v) is 1.68. The van der Waals surface area contributed by atoms with Crippen LogP contribution in [0.4, 0.5) is 0 Å². The molecule has 0 aromatic rings. The molecule has 13 heavy (non-hydrogen) atoms. The highest BCUT2D eigenvalue weighted by molar-refractivity contribution is 5.81. The molecule has 0 bridgehead atoms. The molecule has 0 unspecified atom stereocenters. The summed E-state index contributed by atoms with van der Waals surface area (Å²) in [6.45, 7) is 8.39. The van der Waals surface area contributed by atoms with Gasteiger partial charge >= 0.3 is 5.97 Å². The summed E-state index contributed by atoms with van der Waals surface area (Å²) < 4.78 is 4.88. The molecule has 0 radical (unpaired) electrons. The summed E-state index contributed by atoms with van der Waals surface area (Å²) in [5, 5.41) is 0. The van der Waals surface area contributed by atoms with Crippen molar-refractivity contribution in [2.24, 2.45) is 0 Å². The van der Waals surface area contributed by atoms with Crippen LogP contribution in [0.3, 0.4) is 0 Å². The maximum atomic E-state index is 11.0. The second kappa shape index (κ2) is 7.65. The molecule has 3 heteroatoms. The summed E-state index contributed by atoms with van der Waals surface area (Å²) in [5.74, 6) is -0.256. The number of nitrogens with zero attached hydrogens (tertiary/aromatic N) is 1. The van der Waals surface area contributed by atoms with Crippen molar-refractivity contribution < 1.29 is 9.53 Å². The highest BCUT2D eigenvalue weighted by Crippen LogP contribution is 1.90. The van der Waals surface area contributed by atoms with Crippen molar-refractivity contribution in [2.45, 2.75) is 27.2 Å². The summed E-state index contributed by atoms with van der Waals surface area (Å²) in [6, 6.07) is 0. The van der Waals surface area contributed by atoms with Gasteiger partial charge in [0.2, 0.25) is 0 Å². The van der Waals surface area contributed by atoms with E-state index >= 15 is 0 Å². The van der Waals surface area contributed by atoms with Gasteiger partial charge in [-0.15, -0.1) is 0 Å². The Balaban J connectivity index is 3.74. The van der Waals surface area contributed by atoms with Crippen LogP contribution in [0.2, 0.25) is 0 Å². The van der Waals surface area contributed by atoms with Gasteiger partial charge in [-0.05, 0) is 20.3 Å². The van der Waals surface area contributed by atoms with E-state index in [9.17, 15) is 4.79 Å². The summed E-state index contributed by atoms with van der Waals surface area (Å²) in [6.07, 6.45) is 4.12. The molecule has 0 atom stereocenters. The Hall–Kier alpha value is -0.990. The molecule has 0 aromatic heterocycles. The monoisotopic (exact) mass is 185 g/mol. The van der Waals surface area contributed by atoms with E-state index in [4.69, 9.17) is 4.74 Å². The molecule has 0 aliphatic rings. The first-order valence-electron chi connectivity index (χ1n) is 4.83. The maximum absolute atomic E-state index is 11.0. The van der Waals surface area contributed by atoms with Crippen LogP contribution in [0.15, 0.2) is 12.3 Å². The van der Waals surface area contributed by atoms with Gasteiger partial charge < -0.3 is 9.64 Å². The van der Waals surface area contributed by atoms with E-state index in [0.29, 0.717) is 6.61 Å². The fourth-order valence-electron chi connectivity index (χ4n) is 0.851. The normalized spacial score (nSPS) is 10.4. The molecular weight excluding hydrogens is 166 g/mol. The maximum Gasteiger partial charge on any atom is 0.332 e. The standard InChI is InChI=1S/C10H19NO2/c1-4-9-13-10(12)7-8-11(5-2)6-3/h7-8H,4-6,9H2,1-3H3. The third-order valence-electron chi connectivity index (χ3n) is 1.68. The van der Waals surface area contributed by atoms with Crippen molar-refractivity contribution in [2.75, 3.05) is 19.7 Å².